The number of carboxylic acids is 3. The van der Waals surface area contributed by atoms with Gasteiger partial charge < -0.3 is 32.1 Å². The SMILES string of the molecule is C[C@H](N)C(=O)O.N[C@@H](CS)C(=O)O.O=C(O)[C@@H]1CCCN1. The second-order valence-electron chi connectivity index (χ2n) is 4.24. The van der Waals surface area contributed by atoms with E-state index in [0.29, 0.717) is 0 Å². The first-order valence-corrected chi connectivity index (χ1v) is 6.80. The van der Waals surface area contributed by atoms with Gasteiger partial charge in [0.2, 0.25) is 0 Å². The summed E-state index contributed by atoms with van der Waals surface area (Å²) in [6.07, 6.45) is 1.78. The Hall–Kier alpha value is -1.36. The number of nitrogens with one attached hydrogen (secondary N) is 1. The summed E-state index contributed by atoms with van der Waals surface area (Å²) in [7, 11) is 0. The van der Waals surface area contributed by atoms with Gasteiger partial charge in [-0.05, 0) is 26.3 Å². The molecule has 0 aromatic carbocycles. The topological polar surface area (TPSA) is 176 Å². The maximum Gasteiger partial charge on any atom is 0.321 e. The molecule has 1 rings (SSSR count). The largest absolute Gasteiger partial charge is 0.480 e. The molecule has 0 aromatic heterocycles. The van der Waals surface area contributed by atoms with Crippen LogP contribution in [0.15, 0.2) is 0 Å². The lowest BCUT2D eigenvalue weighted by Crippen LogP contribution is -2.31. The Balaban J connectivity index is 0. The van der Waals surface area contributed by atoms with Gasteiger partial charge in [0, 0.05) is 5.75 Å². The Morgan fingerprint density at radius 2 is 1.71 bits per heavy atom. The van der Waals surface area contributed by atoms with E-state index in [4.69, 9.17) is 26.8 Å². The van der Waals surface area contributed by atoms with Gasteiger partial charge in [-0.25, -0.2) is 0 Å². The molecule has 0 spiro atoms. The standard InChI is InChI=1S/C5H9NO2.C3H7NO2S.C3H7NO2/c7-5(8)4-2-1-3-6-4;4-2(1-7)3(5)6;1-2(4)3(5)6/h4,6H,1-3H2,(H,7,8);2,7H,1,4H2,(H,5,6);2H,4H2,1H3,(H,5,6)/t4-;2*2-/m000/s1. The fraction of sp³-hybridized carbons (Fsp3) is 0.727. The lowest BCUT2D eigenvalue weighted by atomic mass is 10.2. The Morgan fingerprint density at radius 1 is 1.24 bits per heavy atom. The van der Waals surface area contributed by atoms with Gasteiger partial charge in [0.1, 0.15) is 18.1 Å². The van der Waals surface area contributed by atoms with Crippen LogP contribution < -0.4 is 16.8 Å². The van der Waals surface area contributed by atoms with Gasteiger partial charge in [0.15, 0.2) is 0 Å². The van der Waals surface area contributed by atoms with Gasteiger partial charge in [-0.15, -0.1) is 0 Å². The molecule has 21 heavy (non-hydrogen) atoms. The van der Waals surface area contributed by atoms with E-state index in [1.165, 1.54) is 6.92 Å². The summed E-state index contributed by atoms with van der Waals surface area (Å²) >= 11 is 3.65. The molecule has 1 aliphatic heterocycles. The average Bonchev–Trinajstić information content (AvgIpc) is 2.93. The lowest BCUT2D eigenvalue weighted by molar-refractivity contribution is -0.139. The first-order chi connectivity index (χ1) is 9.63. The molecule has 3 atom stereocenters. The van der Waals surface area contributed by atoms with Gasteiger partial charge in [0.25, 0.3) is 0 Å². The second kappa shape index (κ2) is 12.4. The van der Waals surface area contributed by atoms with Crippen LogP contribution in [-0.4, -0.2) is 63.7 Å². The van der Waals surface area contributed by atoms with Crippen LogP contribution in [0.1, 0.15) is 19.8 Å². The van der Waals surface area contributed by atoms with Crippen molar-refractivity contribution in [1.29, 1.82) is 0 Å². The molecule has 124 valence electrons. The van der Waals surface area contributed by atoms with Gasteiger partial charge in [0.05, 0.1) is 0 Å². The first-order valence-electron chi connectivity index (χ1n) is 6.17. The third-order valence-electron chi connectivity index (χ3n) is 2.26. The number of nitrogens with two attached hydrogens (primary N) is 2. The van der Waals surface area contributed by atoms with Crippen LogP contribution >= 0.6 is 12.6 Å². The third-order valence-corrected chi connectivity index (χ3v) is 2.66. The third kappa shape index (κ3) is 13.4. The number of thiol groups is 1. The zero-order valence-corrected chi connectivity index (χ0v) is 12.6. The van der Waals surface area contributed by atoms with Crippen LogP contribution in [0.5, 0.6) is 0 Å². The molecule has 0 saturated carbocycles. The highest BCUT2D eigenvalue weighted by Gasteiger charge is 2.20. The predicted octanol–water partition coefficient (Wildman–Crippen LogP) is -1.43. The van der Waals surface area contributed by atoms with Crippen LogP contribution in [0.4, 0.5) is 0 Å². The maximum atomic E-state index is 10.1. The smallest absolute Gasteiger partial charge is 0.321 e. The van der Waals surface area contributed by atoms with Crippen molar-refractivity contribution in [2.24, 2.45) is 11.5 Å². The van der Waals surface area contributed by atoms with E-state index in [0.717, 1.165) is 19.4 Å². The Kier molecular flexibility index (Phi) is 12.9. The summed E-state index contributed by atoms with van der Waals surface area (Å²) < 4.78 is 0. The Morgan fingerprint density at radius 3 is 1.81 bits per heavy atom. The molecule has 0 aromatic rings. The molecule has 0 bridgehead atoms. The molecule has 1 heterocycles. The van der Waals surface area contributed by atoms with Crippen molar-refractivity contribution in [2.45, 2.75) is 37.9 Å². The summed E-state index contributed by atoms with van der Waals surface area (Å²) in [5, 5.41) is 27.1. The van der Waals surface area contributed by atoms with Crippen LogP contribution in [0.3, 0.4) is 0 Å². The second-order valence-corrected chi connectivity index (χ2v) is 4.61. The summed E-state index contributed by atoms with van der Waals surface area (Å²) in [4.78, 5) is 29.5. The van der Waals surface area contributed by atoms with Crippen LogP contribution in [0.25, 0.3) is 0 Å². The maximum absolute atomic E-state index is 10.1. The van der Waals surface area contributed by atoms with Gasteiger partial charge in [-0.1, -0.05) is 0 Å². The van der Waals surface area contributed by atoms with E-state index in [9.17, 15) is 14.4 Å². The summed E-state index contributed by atoms with van der Waals surface area (Å²) in [6.45, 7) is 2.28. The van der Waals surface area contributed by atoms with Gasteiger partial charge in [-0.3, -0.25) is 14.4 Å². The van der Waals surface area contributed by atoms with E-state index >= 15 is 0 Å². The van der Waals surface area contributed by atoms with Crippen LogP contribution in [-0.2, 0) is 14.4 Å². The number of carboxylic acid groups (broad SMARTS) is 3. The number of hydrogen-bond acceptors (Lipinski definition) is 7. The number of hydrogen-bond donors (Lipinski definition) is 7. The fourth-order valence-electron chi connectivity index (χ4n) is 0.973. The normalized spacial score (nSPS) is 19.1. The molecular weight excluding hydrogens is 302 g/mol. The van der Waals surface area contributed by atoms with Crippen LogP contribution in [0.2, 0.25) is 0 Å². The molecule has 8 N–H and O–H groups in total. The van der Waals surface area contributed by atoms with Crippen molar-refractivity contribution in [3.05, 3.63) is 0 Å². The highest BCUT2D eigenvalue weighted by atomic mass is 32.1. The zero-order valence-electron chi connectivity index (χ0n) is 11.7. The van der Waals surface area contributed by atoms with Crippen molar-refractivity contribution < 1.29 is 29.7 Å². The molecular formula is C11H23N3O6S. The quantitative estimate of drug-likeness (QED) is 0.305. The Bertz CT molecular complexity index is 334. The molecule has 1 aliphatic rings. The van der Waals surface area contributed by atoms with E-state index in [1.54, 1.807) is 0 Å². The predicted molar refractivity (Wildman–Crippen MR) is 79.4 cm³/mol. The first kappa shape index (κ1) is 21.9. The van der Waals surface area contributed by atoms with Gasteiger partial charge in [-0.2, -0.15) is 12.6 Å². The van der Waals surface area contributed by atoms with E-state index < -0.39 is 30.0 Å². The average molecular weight is 325 g/mol. The van der Waals surface area contributed by atoms with Crippen molar-refractivity contribution in [3.8, 4) is 0 Å². The molecule has 9 nitrogen and oxygen atoms in total. The minimum absolute atomic E-state index is 0.190. The molecule has 10 heteroatoms. The van der Waals surface area contributed by atoms with E-state index in [-0.39, 0.29) is 11.8 Å². The van der Waals surface area contributed by atoms with Crippen molar-refractivity contribution in [3.63, 3.8) is 0 Å². The summed E-state index contributed by atoms with van der Waals surface area (Å²) in [6, 6.07) is -1.82. The molecule has 0 radical (unpaired) electrons. The molecule has 1 fully saturated rings. The van der Waals surface area contributed by atoms with Gasteiger partial charge >= 0.3 is 17.9 Å². The molecule has 0 unspecified atom stereocenters. The van der Waals surface area contributed by atoms with Crippen molar-refractivity contribution >= 4 is 30.5 Å². The monoisotopic (exact) mass is 325 g/mol. The number of aliphatic carboxylic acids is 3. The zero-order chi connectivity index (χ0) is 17.0. The Labute approximate surface area is 128 Å². The minimum atomic E-state index is -1.00. The minimum Gasteiger partial charge on any atom is -0.480 e. The van der Waals surface area contributed by atoms with Crippen molar-refractivity contribution in [2.75, 3.05) is 12.3 Å². The lowest BCUT2D eigenvalue weighted by Gasteiger charge is -1.99. The van der Waals surface area contributed by atoms with E-state index in [2.05, 4.69) is 17.9 Å². The van der Waals surface area contributed by atoms with Crippen molar-refractivity contribution in [1.82, 2.24) is 5.32 Å². The number of rotatable bonds is 4. The van der Waals surface area contributed by atoms with Crippen LogP contribution in [0, 0.1) is 0 Å². The summed E-state index contributed by atoms with van der Waals surface area (Å²) in [5.41, 5.74) is 9.78. The summed E-state index contributed by atoms with van der Waals surface area (Å²) in [5.74, 6) is -2.50. The highest BCUT2D eigenvalue weighted by Crippen LogP contribution is 2.03. The van der Waals surface area contributed by atoms with E-state index in [1.807, 2.05) is 0 Å². The molecule has 1 saturated heterocycles. The molecule has 0 amide bonds. The number of carbonyl (C=O) groups is 3. The molecule has 0 aliphatic carbocycles. The highest BCUT2D eigenvalue weighted by molar-refractivity contribution is 7.80. The fourth-order valence-corrected chi connectivity index (χ4v) is 1.13.